The minimum absolute atomic E-state index is 0.0893. The fourth-order valence-electron chi connectivity index (χ4n) is 2.80. The first-order chi connectivity index (χ1) is 11.3. The van der Waals surface area contributed by atoms with Gasteiger partial charge in [0.15, 0.2) is 6.61 Å². The number of benzene rings is 1. The summed E-state index contributed by atoms with van der Waals surface area (Å²) in [5.41, 5.74) is 0.422. The van der Waals surface area contributed by atoms with Gasteiger partial charge < -0.3 is 9.64 Å². The summed E-state index contributed by atoms with van der Waals surface area (Å²) < 4.78 is 5.55. The predicted molar refractivity (Wildman–Crippen MR) is 81.3 cm³/mol. The van der Waals surface area contributed by atoms with Crippen LogP contribution in [0.5, 0.6) is 5.75 Å². The Morgan fingerprint density at radius 2 is 2.30 bits per heavy atom. The van der Waals surface area contributed by atoms with Crippen molar-refractivity contribution in [3.8, 4) is 11.8 Å². The third kappa shape index (κ3) is 3.31. The van der Waals surface area contributed by atoms with Crippen molar-refractivity contribution in [2.45, 2.75) is 25.3 Å². The second kappa shape index (κ2) is 6.92. The molecule has 23 heavy (non-hydrogen) atoms. The molecule has 1 aromatic carbocycles. The molecule has 0 spiro atoms. The number of hydrogen-bond acceptors (Lipinski definition) is 5. The number of aromatic amines is 1. The highest BCUT2D eigenvalue weighted by molar-refractivity contribution is 5.78. The fraction of sp³-hybridized carbons (Fsp3) is 0.375. The van der Waals surface area contributed by atoms with Crippen molar-refractivity contribution in [1.29, 1.82) is 5.26 Å². The second-order valence-corrected chi connectivity index (χ2v) is 5.37. The van der Waals surface area contributed by atoms with Gasteiger partial charge in [-0.3, -0.25) is 9.89 Å². The number of nitrogens with zero attached hydrogens (tertiary/aromatic N) is 4. The van der Waals surface area contributed by atoms with E-state index < -0.39 is 0 Å². The first-order valence-electron chi connectivity index (χ1n) is 7.56. The van der Waals surface area contributed by atoms with Crippen LogP contribution >= 0.6 is 0 Å². The van der Waals surface area contributed by atoms with Crippen LogP contribution in [0.15, 0.2) is 30.6 Å². The Balaban J connectivity index is 1.68. The number of ether oxygens (including phenoxy) is 1. The average molecular weight is 311 g/mol. The van der Waals surface area contributed by atoms with E-state index in [4.69, 9.17) is 10.00 Å². The minimum Gasteiger partial charge on any atom is -0.482 e. The summed E-state index contributed by atoms with van der Waals surface area (Å²) in [4.78, 5) is 18.5. The molecule has 2 heterocycles. The van der Waals surface area contributed by atoms with Crippen molar-refractivity contribution >= 4 is 5.91 Å². The zero-order valence-corrected chi connectivity index (χ0v) is 12.6. The van der Waals surface area contributed by atoms with Crippen LogP contribution in [-0.2, 0) is 4.79 Å². The number of amides is 1. The SMILES string of the molecule is N#Cc1ccccc1OCC(=O)N1CCCC[C@@H]1c1ncn[nH]1. The standard InChI is InChI=1S/C16H17N5O2/c17-9-12-5-1-2-7-14(12)23-10-15(22)21-8-4-3-6-13(21)16-18-11-19-20-16/h1-2,5,7,11,13H,3-4,6,8,10H2,(H,18,19,20)/t13-/m1/s1. The Morgan fingerprint density at radius 1 is 1.43 bits per heavy atom. The quantitative estimate of drug-likeness (QED) is 0.929. The lowest BCUT2D eigenvalue weighted by molar-refractivity contribution is -0.137. The minimum atomic E-state index is -0.112. The molecule has 1 aliphatic heterocycles. The number of likely N-dealkylation sites (tertiary alicyclic amines) is 1. The van der Waals surface area contributed by atoms with E-state index >= 15 is 0 Å². The molecule has 1 aromatic heterocycles. The number of H-pyrrole nitrogens is 1. The lowest BCUT2D eigenvalue weighted by Crippen LogP contribution is -2.41. The molecule has 1 aliphatic rings. The monoisotopic (exact) mass is 311 g/mol. The summed E-state index contributed by atoms with van der Waals surface area (Å²) in [5, 5.41) is 15.8. The van der Waals surface area contributed by atoms with Gasteiger partial charge in [-0.1, -0.05) is 12.1 Å². The molecule has 0 radical (unpaired) electrons. The first-order valence-corrected chi connectivity index (χ1v) is 7.56. The largest absolute Gasteiger partial charge is 0.482 e. The third-order valence-corrected chi connectivity index (χ3v) is 3.93. The molecule has 0 saturated carbocycles. The predicted octanol–water partition coefficient (Wildman–Crippen LogP) is 1.81. The second-order valence-electron chi connectivity index (χ2n) is 5.37. The van der Waals surface area contributed by atoms with E-state index in [-0.39, 0.29) is 18.6 Å². The number of rotatable bonds is 4. The highest BCUT2D eigenvalue weighted by Crippen LogP contribution is 2.28. The van der Waals surface area contributed by atoms with E-state index in [0.717, 1.165) is 19.3 Å². The van der Waals surface area contributed by atoms with E-state index in [2.05, 4.69) is 21.3 Å². The number of nitrogens with one attached hydrogen (secondary N) is 1. The molecule has 0 bridgehead atoms. The maximum atomic E-state index is 12.5. The summed E-state index contributed by atoms with van der Waals surface area (Å²) in [7, 11) is 0. The van der Waals surface area contributed by atoms with Crippen molar-refractivity contribution < 1.29 is 9.53 Å². The van der Waals surface area contributed by atoms with Gasteiger partial charge in [-0.15, -0.1) is 0 Å². The van der Waals surface area contributed by atoms with E-state index in [9.17, 15) is 4.79 Å². The Labute approximate surface area is 133 Å². The molecule has 0 aliphatic carbocycles. The topological polar surface area (TPSA) is 94.9 Å². The molecule has 118 valence electrons. The maximum absolute atomic E-state index is 12.5. The van der Waals surface area contributed by atoms with Gasteiger partial charge in [0.25, 0.3) is 5.91 Å². The van der Waals surface area contributed by atoms with E-state index in [1.807, 2.05) is 0 Å². The van der Waals surface area contributed by atoms with Crippen molar-refractivity contribution in [3.63, 3.8) is 0 Å². The van der Waals surface area contributed by atoms with Gasteiger partial charge in [0, 0.05) is 6.54 Å². The lowest BCUT2D eigenvalue weighted by atomic mass is 10.0. The van der Waals surface area contributed by atoms with E-state index in [1.165, 1.54) is 6.33 Å². The zero-order valence-electron chi connectivity index (χ0n) is 12.6. The third-order valence-electron chi connectivity index (χ3n) is 3.93. The summed E-state index contributed by atoms with van der Waals surface area (Å²) in [5.74, 6) is 1.02. The van der Waals surface area contributed by atoms with Gasteiger partial charge >= 0.3 is 0 Å². The van der Waals surface area contributed by atoms with Crippen LogP contribution < -0.4 is 4.74 Å². The summed E-state index contributed by atoms with van der Waals surface area (Å²) in [6.45, 7) is 0.580. The van der Waals surface area contributed by atoms with Gasteiger partial charge in [0.05, 0.1) is 11.6 Å². The molecule has 1 N–H and O–H groups in total. The van der Waals surface area contributed by atoms with Crippen LogP contribution in [0.1, 0.15) is 36.7 Å². The van der Waals surface area contributed by atoms with Gasteiger partial charge in [-0.25, -0.2) is 4.98 Å². The number of nitriles is 1. The van der Waals surface area contributed by atoms with Crippen LogP contribution in [0.25, 0.3) is 0 Å². The average Bonchev–Trinajstić information content (AvgIpc) is 3.14. The van der Waals surface area contributed by atoms with Gasteiger partial charge in [0.1, 0.15) is 24.0 Å². The molecule has 7 nitrogen and oxygen atoms in total. The van der Waals surface area contributed by atoms with Gasteiger partial charge in [-0.05, 0) is 31.4 Å². The normalized spacial score (nSPS) is 17.5. The van der Waals surface area contributed by atoms with Gasteiger partial charge in [-0.2, -0.15) is 10.4 Å². The Morgan fingerprint density at radius 3 is 3.09 bits per heavy atom. The van der Waals surface area contributed by atoms with Crippen LogP contribution in [-0.4, -0.2) is 39.1 Å². The van der Waals surface area contributed by atoms with E-state index in [1.54, 1.807) is 29.2 Å². The molecule has 3 rings (SSSR count). The Bertz CT molecular complexity index is 708. The van der Waals surface area contributed by atoms with Crippen LogP contribution in [0, 0.1) is 11.3 Å². The molecular formula is C16H17N5O2. The molecular weight excluding hydrogens is 294 g/mol. The first kappa shape index (κ1) is 15.0. The smallest absolute Gasteiger partial charge is 0.261 e. The number of para-hydroxylation sites is 1. The molecule has 1 amide bonds. The highest BCUT2D eigenvalue weighted by Gasteiger charge is 2.30. The number of aromatic nitrogens is 3. The summed E-state index contributed by atoms with van der Waals surface area (Å²) in [6, 6.07) is 8.86. The number of hydrogen-bond donors (Lipinski definition) is 1. The summed E-state index contributed by atoms with van der Waals surface area (Å²) in [6.07, 6.45) is 4.32. The van der Waals surface area contributed by atoms with Crippen molar-refractivity contribution in [3.05, 3.63) is 42.0 Å². The van der Waals surface area contributed by atoms with Crippen LogP contribution in [0.2, 0.25) is 0 Å². The van der Waals surface area contributed by atoms with E-state index in [0.29, 0.717) is 23.7 Å². The number of piperidine rings is 1. The molecule has 2 aromatic rings. The summed E-state index contributed by atoms with van der Waals surface area (Å²) >= 11 is 0. The molecule has 1 atom stereocenters. The lowest BCUT2D eigenvalue weighted by Gasteiger charge is -2.34. The number of carbonyl (C=O) groups is 1. The Kier molecular flexibility index (Phi) is 4.52. The molecule has 1 saturated heterocycles. The molecule has 1 fully saturated rings. The Hall–Kier alpha value is -2.88. The zero-order chi connectivity index (χ0) is 16.1. The molecule has 0 unspecified atom stereocenters. The van der Waals surface area contributed by atoms with Crippen molar-refractivity contribution in [2.24, 2.45) is 0 Å². The highest BCUT2D eigenvalue weighted by atomic mass is 16.5. The number of carbonyl (C=O) groups excluding carboxylic acids is 1. The van der Waals surface area contributed by atoms with Crippen molar-refractivity contribution in [2.75, 3.05) is 13.2 Å². The van der Waals surface area contributed by atoms with Crippen molar-refractivity contribution in [1.82, 2.24) is 20.1 Å². The van der Waals surface area contributed by atoms with Crippen LogP contribution in [0.4, 0.5) is 0 Å². The maximum Gasteiger partial charge on any atom is 0.261 e. The molecule has 7 heteroatoms. The van der Waals surface area contributed by atoms with Gasteiger partial charge in [0.2, 0.25) is 0 Å². The van der Waals surface area contributed by atoms with Crippen LogP contribution in [0.3, 0.4) is 0 Å². The fourth-order valence-corrected chi connectivity index (χ4v) is 2.80.